The van der Waals surface area contributed by atoms with E-state index in [1.54, 1.807) is 24.3 Å². The van der Waals surface area contributed by atoms with Crippen molar-refractivity contribution in [2.24, 2.45) is 0 Å². The van der Waals surface area contributed by atoms with E-state index in [0.717, 1.165) is 0 Å². The molecule has 0 bridgehead atoms. The standard InChI is InChI=1S/C13H13N3O4S/c14-11-6-2-3-7-12(11)15-21(19,20)9-10-5-1-4-8-13(10)16(17)18/h1-8,15H,9,14H2. The number of hydrogen-bond acceptors (Lipinski definition) is 5. The summed E-state index contributed by atoms with van der Waals surface area (Å²) in [5.74, 6) is -0.502. The topological polar surface area (TPSA) is 115 Å². The zero-order valence-electron chi connectivity index (χ0n) is 10.9. The Labute approximate surface area is 121 Å². The highest BCUT2D eigenvalue weighted by atomic mass is 32.2. The minimum absolute atomic E-state index is 0.115. The number of sulfonamides is 1. The molecule has 0 spiro atoms. The predicted octanol–water partition coefficient (Wildman–Crippen LogP) is 2.12. The number of nitrogen functional groups attached to an aromatic ring is 1. The Morgan fingerprint density at radius 1 is 1.10 bits per heavy atom. The second-order valence-electron chi connectivity index (χ2n) is 4.33. The molecule has 2 aromatic carbocycles. The molecule has 0 heterocycles. The molecular formula is C13H13N3O4S. The summed E-state index contributed by atoms with van der Waals surface area (Å²) in [6.45, 7) is 0. The molecule has 0 aliphatic heterocycles. The summed E-state index contributed by atoms with van der Waals surface area (Å²) in [5.41, 5.74) is 6.07. The maximum atomic E-state index is 12.1. The Balaban J connectivity index is 2.27. The first-order valence-corrected chi connectivity index (χ1v) is 7.61. The minimum Gasteiger partial charge on any atom is -0.397 e. The number of anilines is 2. The van der Waals surface area contributed by atoms with Gasteiger partial charge in [-0.25, -0.2) is 8.42 Å². The zero-order valence-corrected chi connectivity index (χ0v) is 11.7. The van der Waals surface area contributed by atoms with Crippen molar-refractivity contribution in [2.75, 3.05) is 10.5 Å². The number of nitrogens with zero attached hydrogens (tertiary/aromatic N) is 1. The van der Waals surface area contributed by atoms with Gasteiger partial charge < -0.3 is 5.73 Å². The molecule has 2 rings (SSSR count). The van der Waals surface area contributed by atoms with Gasteiger partial charge >= 0.3 is 0 Å². The van der Waals surface area contributed by atoms with Crippen LogP contribution < -0.4 is 10.5 Å². The second-order valence-corrected chi connectivity index (χ2v) is 6.06. The summed E-state index contributed by atoms with van der Waals surface area (Å²) in [6.07, 6.45) is 0. The van der Waals surface area contributed by atoms with Crippen molar-refractivity contribution in [3.8, 4) is 0 Å². The molecule has 8 heteroatoms. The SMILES string of the molecule is Nc1ccccc1NS(=O)(=O)Cc1ccccc1[N+](=O)[O-]. The van der Waals surface area contributed by atoms with Gasteiger partial charge in [0.25, 0.3) is 5.69 Å². The van der Waals surface area contributed by atoms with Crippen molar-refractivity contribution in [1.29, 1.82) is 0 Å². The molecule has 3 N–H and O–H groups in total. The lowest BCUT2D eigenvalue weighted by Crippen LogP contribution is -2.16. The van der Waals surface area contributed by atoms with Crippen LogP contribution in [0.5, 0.6) is 0 Å². The van der Waals surface area contributed by atoms with E-state index in [2.05, 4.69) is 4.72 Å². The third-order valence-corrected chi connectivity index (χ3v) is 3.98. The number of nitrogens with one attached hydrogen (secondary N) is 1. The average molecular weight is 307 g/mol. The van der Waals surface area contributed by atoms with Gasteiger partial charge in [0.05, 0.1) is 16.3 Å². The van der Waals surface area contributed by atoms with Crippen LogP contribution in [0.4, 0.5) is 17.1 Å². The van der Waals surface area contributed by atoms with E-state index in [1.807, 2.05) is 0 Å². The Bertz CT molecular complexity index is 774. The van der Waals surface area contributed by atoms with Crippen LogP contribution in [0.25, 0.3) is 0 Å². The Morgan fingerprint density at radius 2 is 1.71 bits per heavy atom. The lowest BCUT2D eigenvalue weighted by Gasteiger charge is -2.10. The average Bonchev–Trinajstić information content (AvgIpc) is 2.41. The van der Waals surface area contributed by atoms with Crippen LogP contribution in [-0.4, -0.2) is 13.3 Å². The van der Waals surface area contributed by atoms with E-state index in [9.17, 15) is 18.5 Å². The van der Waals surface area contributed by atoms with Gasteiger partial charge in [0.15, 0.2) is 0 Å². The van der Waals surface area contributed by atoms with E-state index < -0.39 is 20.7 Å². The summed E-state index contributed by atoms with van der Waals surface area (Å²) in [7, 11) is -3.80. The van der Waals surface area contributed by atoms with Crippen molar-refractivity contribution in [2.45, 2.75) is 5.75 Å². The number of nitrogens with two attached hydrogens (primary N) is 1. The van der Waals surface area contributed by atoms with Crippen LogP contribution in [0.1, 0.15) is 5.56 Å². The summed E-state index contributed by atoms with van der Waals surface area (Å²) < 4.78 is 26.5. The third-order valence-electron chi connectivity index (χ3n) is 2.76. The summed E-state index contributed by atoms with van der Waals surface area (Å²) in [6, 6.07) is 12.1. The highest BCUT2D eigenvalue weighted by Crippen LogP contribution is 2.23. The number of para-hydroxylation sites is 3. The fourth-order valence-corrected chi connectivity index (χ4v) is 3.06. The third kappa shape index (κ3) is 3.69. The van der Waals surface area contributed by atoms with E-state index >= 15 is 0 Å². The first kappa shape index (κ1) is 14.8. The molecule has 0 aliphatic carbocycles. The molecule has 0 aliphatic rings. The fourth-order valence-electron chi connectivity index (χ4n) is 1.81. The summed E-state index contributed by atoms with van der Waals surface area (Å²) >= 11 is 0. The van der Waals surface area contributed by atoms with Gasteiger partial charge in [0, 0.05) is 11.6 Å². The van der Waals surface area contributed by atoms with E-state index in [0.29, 0.717) is 0 Å². The lowest BCUT2D eigenvalue weighted by atomic mass is 10.2. The Hall–Kier alpha value is -2.61. The van der Waals surface area contributed by atoms with Gasteiger partial charge in [-0.3, -0.25) is 14.8 Å². The normalized spacial score (nSPS) is 11.0. The smallest absolute Gasteiger partial charge is 0.273 e. The lowest BCUT2D eigenvalue weighted by molar-refractivity contribution is -0.385. The van der Waals surface area contributed by atoms with Gasteiger partial charge in [-0.1, -0.05) is 30.3 Å². The largest absolute Gasteiger partial charge is 0.397 e. The number of nitro benzene ring substituents is 1. The van der Waals surface area contributed by atoms with Crippen molar-refractivity contribution < 1.29 is 13.3 Å². The van der Waals surface area contributed by atoms with Gasteiger partial charge in [-0.05, 0) is 12.1 Å². The minimum atomic E-state index is -3.80. The number of hydrogen-bond donors (Lipinski definition) is 2. The van der Waals surface area contributed by atoms with Crippen molar-refractivity contribution >= 4 is 27.1 Å². The van der Waals surface area contributed by atoms with Gasteiger partial charge in [0.2, 0.25) is 10.0 Å². The maximum Gasteiger partial charge on any atom is 0.273 e. The summed E-state index contributed by atoms with van der Waals surface area (Å²) in [5, 5.41) is 10.9. The molecule has 21 heavy (non-hydrogen) atoms. The highest BCUT2D eigenvalue weighted by molar-refractivity contribution is 7.91. The molecule has 0 saturated carbocycles. The molecule has 0 aromatic heterocycles. The van der Waals surface area contributed by atoms with Crippen LogP contribution in [0.3, 0.4) is 0 Å². The van der Waals surface area contributed by atoms with Crippen LogP contribution in [0.15, 0.2) is 48.5 Å². The van der Waals surface area contributed by atoms with Gasteiger partial charge in [-0.2, -0.15) is 0 Å². The molecule has 7 nitrogen and oxygen atoms in total. The summed E-state index contributed by atoms with van der Waals surface area (Å²) in [4.78, 5) is 10.3. The number of benzene rings is 2. The molecule has 0 unspecified atom stereocenters. The Morgan fingerprint density at radius 3 is 2.38 bits per heavy atom. The first-order valence-electron chi connectivity index (χ1n) is 5.96. The monoisotopic (exact) mass is 307 g/mol. The molecule has 0 fully saturated rings. The van der Waals surface area contributed by atoms with Crippen LogP contribution in [0, 0.1) is 10.1 Å². The van der Waals surface area contributed by atoms with Crippen LogP contribution in [-0.2, 0) is 15.8 Å². The second kappa shape index (κ2) is 5.80. The Kier molecular flexibility index (Phi) is 4.08. The quantitative estimate of drug-likeness (QED) is 0.498. The molecule has 110 valence electrons. The van der Waals surface area contributed by atoms with Gasteiger partial charge in [-0.15, -0.1) is 0 Å². The maximum absolute atomic E-state index is 12.1. The van der Waals surface area contributed by atoms with Crippen molar-refractivity contribution in [1.82, 2.24) is 0 Å². The molecule has 0 saturated heterocycles. The predicted molar refractivity (Wildman–Crippen MR) is 80.2 cm³/mol. The van der Waals surface area contributed by atoms with Crippen molar-refractivity contribution in [3.63, 3.8) is 0 Å². The van der Waals surface area contributed by atoms with E-state index in [1.165, 1.54) is 24.3 Å². The fraction of sp³-hybridized carbons (Fsp3) is 0.0769. The molecule has 0 amide bonds. The molecule has 2 aromatic rings. The number of rotatable bonds is 5. The first-order chi connectivity index (χ1) is 9.89. The van der Waals surface area contributed by atoms with Crippen molar-refractivity contribution in [3.05, 3.63) is 64.2 Å². The van der Waals surface area contributed by atoms with Crippen LogP contribution in [0.2, 0.25) is 0 Å². The van der Waals surface area contributed by atoms with Crippen LogP contribution >= 0.6 is 0 Å². The van der Waals surface area contributed by atoms with E-state index in [-0.39, 0.29) is 22.6 Å². The highest BCUT2D eigenvalue weighted by Gasteiger charge is 2.20. The van der Waals surface area contributed by atoms with E-state index in [4.69, 9.17) is 5.73 Å². The zero-order chi connectivity index (χ0) is 15.5. The molecule has 0 radical (unpaired) electrons. The van der Waals surface area contributed by atoms with Gasteiger partial charge in [0.1, 0.15) is 5.75 Å². The number of nitro groups is 1. The molecular weight excluding hydrogens is 294 g/mol. The molecule has 0 atom stereocenters.